The average Bonchev–Trinajstić information content (AvgIpc) is 3.13. The Morgan fingerprint density at radius 2 is 1.70 bits per heavy atom. The Morgan fingerprint density at radius 3 is 2.43 bits per heavy atom. The first kappa shape index (κ1) is 24.6. The van der Waals surface area contributed by atoms with Crippen molar-refractivity contribution in [2.75, 3.05) is 50.7 Å². The summed E-state index contributed by atoms with van der Waals surface area (Å²) in [7, 11) is 1.74. The normalized spacial score (nSPS) is 27.9. The van der Waals surface area contributed by atoms with E-state index in [1.807, 2.05) is 18.2 Å². The summed E-state index contributed by atoms with van der Waals surface area (Å²) in [5, 5.41) is 5.79. The maximum Gasteiger partial charge on any atom is 0.329 e. The lowest BCUT2D eigenvalue weighted by Crippen LogP contribution is -2.48. The predicted octanol–water partition coefficient (Wildman–Crippen LogP) is 0.987. The summed E-state index contributed by atoms with van der Waals surface area (Å²) in [5.74, 6) is 0.101. The molecule has 1 saturated carbocycles. The van der Waals surface area contributed by atoms with E-state index in [1.54, 1.807) is 11.6 Å². The van der Waals surface area contributed by atoms with E-state index >= 15 is 0 Å². The molecule has 2 aromatic rings. The van der Waals surface area contributed by atoms with Gasteiger partial charge in [0.1, 0.15) is 6.04 Å². The third kappa shape index (κ3) is 4.94. The van der Waals surface area contributed by atoms with Gasteiger partial charge in [0.25, 0.3) is 0 Å². The minimum absolute atomic E-state index is 0.232. The summed E-state index contributed by atoms with van der Waals surface area (Å²) in [4.78, 5) is 42.0. The highest BCUT2D eigenvalue weighted by Gasteiger charge is 2.35. The number of aryl methyl sites for hydroxylation is 1. The van der Waals surface area contributed by atoms with Crippen LogP contribution < -0.4 is 21.2 Å². The number of hydrogen-bond donors (Lipinski definition) is 2. The number of carbonyl (C=O) groups excluding carboxylic acids is 2. The first-order valence-electron chi connectivity index (χ1n) is 13.8. The number of rotatable bonds is 6. The molecule has 4 aliphatic rings. The SMILES string of the molecule is Cn1c(=O)n(C2CCC(=O)NC2=O)c2ccc(N3CCC(OC4CC(CN5CCNCC5)C4)CC3)cc21. The average molecular weight is 511 g/mol. The number of amides is 2. The minimum Gasteiger partial charge on any atom is -0.375 e. The van der Waals surface area contributed by atoms with E-state index in [4.69, 9.17) is 4.74 Å². The van der Waals surface area contributed by atoms with Crippen LogP contribution in [-0.2, 0) is 21.4 Å². The molecular weight excluding hydrogens is 472 g/mol. The van der Waals surface area contributed by atoms with E-state index in [9.17, 15) is 14.4 Å². The fourth-order valence-electron chi connectivity index (χ4n) is 6.49. The van der Waals surface area contributed by atoms with Gasteiger partial charge in [-0.2, -0.15) is 0 Å². The molecule has 200 valence electrons. The molecule has 0 spiro atoms. The van der Waals surface area contributed by atoms with Crippen LogP contribution in [0.15, 0.2) is 23.0 Å². The smallest absolute Gasteiger partial charge is 0.329 e. The molecule has 10 heteroatoms. The highest BCUT2D eigenvalue weighted by atomic mass is 16.5. The third-order valence-corrected chi connectivity index (χ3v) is 8.71. The van der Waals surface area contributed by atoms with Crippen LogP contribution in [-0.4, -0.2) is 83.9 Å². The van der Waals surface area contributed by atoms with Gasteiger partial charge in [0.2, 0.25) is 11.8 Å². The van der Waals surface area contributed by atoms with Gasteiger partial charge in [-0.1, -0.05) is 0 Å². The predicted molar refractivity (Wildman–Crippen MR) is 141 cm³/mol. The van der Waals surface area contributed by atoms with Gasteiger partial charge in [-0.25, -0.2) is 4.79 Å². The molecule has 0 radical (unpaired) electrons. The first-order valence-corrected chi connectivity index (χ1v) is 13.8. The number of aromatic nitrogens is 2. The number of ether oxygens (including phenoxy) is 1. The molecule has 6 rings (SSSR count). The Bertz CT molecular complexity index is 1220. The largest absolute Gasteiger partial charge is 0.375 e. The topological polar surface area (TPSA) is 101 Å². The number of hydrogen-bond acceptors (Lipinski definition) is 7. The van der Waals surface area contributed by atoms with Crippen molar-refractivity contribution in [1.82, 2.24) is 24.7 Å². The molecule has 3 aliphatic heterocycles. The number of benzene rings is 1. The molecule has 10 nitrogen and oxygen atoms in total. The Hall–Kier alpha value is -2.69. The van der Waals surface area contributed by atoms with Crippen LogP contribution in [0, 0.1) is 5.92 Å². The number of imidazole rings is 1. The van der Waals surface area contributed by atoms with E-state index in [1.165, 1.54) is 37.0 Å². The Kier molecular flexibility index (Phi) is 6.81. The summed E-state index contributed by atoms with van der Waals surface area (Å²) in [6, 6.07) is 5.37. The first-order chi connectivity index (χ1) is 18.0. The van der Waals surface area contributed by atoms with Crippen molar-refractivity contribution in [2.45, 2.75) is 56.8 Å². The summed E-state index contributed by atoms with van der Waals surface area (Å²) in [6.07, 6.45) is 5.73. The maximum atomic E-state index is 13.0. The monoisotopic (exact) mass is 510 g/mol. The van der Waals surface area contributed by atoms with Gasteiger partial charge < -0.3 is 19.9 Å². The van der Waals surface area contributed by atoms with Gasteiger partial charge >= 0.3 is 5.69 Å². The number of carbonyl (C=O) groups is 2. The molecular formula is C27H38N6O4. The number of piperazine rings is 1. The Labute approximate surface area is 216 Å². The Balaban J connectivity index is 1.05. The van der Waals surface area contributed by atoms with Crippen LogP contribution >= 0.6 is 0 Å². The van der Waals surface area contributed by atoms with E-state index in [-0.39, 0.29) is 18.0 Å². The number of fused-ring (bicyclic) bond motifs is 1. The molecule has 1 atom stereocenters. The van der Waals surface area contributed by atoms with E-state index in [0.717, 1.165) is 61.7 Å². The third-order valence-electron chi connectivity index (χ3n) is 8.71. The van der Waals surface area contributed by atoms with E-state index < -0.39 is 11.9 Å². The molecule has 1 unspecified atom stereocenters. The number of imide groups is 1. The number of anilines is 1. The molecule has 4 heterocycles. The fourth-order valence-corrected chi connectivity index (χ4v) is 6.49. The van der Waals surface area contributed by atoms with Crippen LogP contribution in [0.3, 0.4) is 0 Å². The number of piperidine rings is 2. The van der Waals surface area contributed by atoms with Crippen molar-refractivity contribution < 1.29 is 14.3 Å². The van der Waals surface area contributed by atoms with Gasteiger partial charge in [0.15, 0.2) is 0 Å². The molecule has 2 amide bonds. The van der Waals surface area contributed by atoms with Gasteiger partial charge in [0, 0.05) is 65.0 Å². The van der Waals surface area contributed by atoms with Gasteiger partial charge in [-0.3, -0.25) is 24.0 Å². The van der Waals surface area contributed by atoms with Crippen molar-refractivity contribution in [1.29, 1.82) is 0 Å². The summed E-state index contributed by atoms with van der Waals surface area (Å²) >= 11 is 0. The second kappa shape index (κ2) is 10.2. The summed E-state index contributed by atoms with van der Waals surface area (Å²) in [6.45, 7) is 7.63. The van der Waals surface area contributed by atoms with Crippen LogP contribution in [0.2, 0.25) is 0 Å². The Morgan fingerprint density at radius 1 is 0.946 bits per heavy atom. The fraction of sp³-hybridized carbons (Fsp3) is 0.667. The molecule has 2 N–H and O–H groups in total. The molecule has 4 fully saturated rings. The van der Waals surface area contributed by atoms with Crippen LogP contribution in [0.25, 0.3) is 11.0 Å². The second-order valence-corrected chi connectivity index (χ2v) is 11.2. The number of nitrogens with zero attached hydrogens (tertiary/aromatic N) is 4. The van der Waals surface area contributed by atoms with Crippen molar-refractivity contribution in [3.8, 4) is 0 Å². The van der Waals surface area contributed by atoms with E-state index in [0.29, 0.717) is 18.6 Å². The standard InChI is InChI=1S/C27H38N6O4/c1-30-24-16-19(2-3-22(24)33(27(30)36)23-4-5-25(34)29-26(23)35)32-10-6-20(7-11-32)37-21-14-18(15-21)17-31-12-8-28-9-13-31/h2-3,16,18,20-21,23,28H,4-15,17H2,1H3,(H,29,34,35). The summed E-state index contributed by atoms with van der Waals surface area (Å²) < 4.78 is 9.60. The highest BCUT2D eigenvalue weighted by molar-refractivity contribution is 6.00. The zero-order valence-corrected chi connectivity index (χ0v) is 21.7. The molecule has 1 aliphatic carbocycles. The quantitative estimate of drug-likeness (QED) is 0.559. The number of nitrogens with one attached hydrogen (secondary N) is 2. The van der Waals surface area contributed by atoms with Crippen LogP contribution in [0.1, 0.15) is 44.6 Å². The summed E-state index contributed by atoms with van der Waals surface area (Å²) in [5.41, 5.74) is 2.38. The molecule has 37 heavy (non-hydrogen) atoms. The van der Waals surface area contributed by atoms with Crippen molar-refractivity contribution in [3.63, 3.8) is 0 Å². The lowest BCUT2D eigenvalue weighted by molar-refractivity contribution is -0.135. The van der Waals surface area contributed by atoms with Gasteiger partial charge in [0.05, 0.1) is 23.2 Å². The second-order valence-electron chi connectivity index (χ2n) is 11.2. The maximum absolute atomic E-state index is 13.0. The lowest BCUT2D eigenvalue weighted by atomic mass is 9.81. The van der Waals surface area contributed by atoms with Crippen LogP contribution in [0.4, 0.5) is 5.69 Å². The molecule has 1 aromatic carbocycles. The minimum atomic E-state index is -0.657. The highest BCUT2D eigenvalue weighted by Crippen LogP contribution is 2.34. The van der Waals surface area contributed by atoms with E-state index in [2.05, 4.69) is 20.4 Å². The van der Waals surface area contributed by atoms with Crippen molar-refractivity contribution in [3.05, 3.63) is 28.7 Å². The van der Waals surface area contributed by atoms with Crippen molar-refractivity contribution in [2.24, 2.45) is 13.0 Å². The molecule has 0 bridgehead atoms. The van der Waals surface area contributed by atoms with Crippen LogP contribution in [0.5, 0.6) is 0 Å². The molecule has 3 saturated heterocycles. The zero-order valence-electron chi connectivity index (χ0n) is 21.7. The van der Waals surface area contributed by atoms with Crippen molar-refractivity contribution >= 4 is 28.5 Å². The molecule has 1 aromatic heterocycles. The zero-order chi connectivity index (χ0) is 25.5. The lowest BCUT2D eigenvalue weighted by Gasteiger charge is -2.42. The van der Waals surface area contributed by atoms with Gasteiger partial charge in [-0.05, 0) is 56.2 Å². The van der Waals surface area contributed by atoms with Gasteiger partial charge in [-0.15, -0.1) is 0 Å².